The van der Waals surface area contributed by atoms with Crippen molar-refractivity contribution in [3.63, 3.8) is 0 Å². The minimum atomic E-state index is -9.76. The summed E-state index contributed by atoms with van der Waals surface area (Å²) in [6, 6.07) is 0. The van der Waals surface area contributed by atoms with Gasteiger partial charge in [0.1, 0.15) is 6.10 Å². The fourth-order valence-electron chi connectivity index (χ4n) is 2.21. The number of hydrogen-bond acceptors (Lipinski definition) is 2. The van der Waals surface area contributed by atoms with Gasteiger partial charge in [-0.1, -0.05) is 51.3 Å². The molecule has 1 atom stereocenters. The van der Waals surface area contributed by atoms with Crippen LogP contribution in [0.5, 0.6) is 0 Å². The fraction of sp³-hybridized carbons (Fsp3) is 0.727. The van der Waals surface area contributed by atoms with E-state index in [9.17, 15) is 24.2 Å². The van der Waals surface area contributed by atoms with Gasteiger partial charge in [-0.25, -0.2) is 0 Å². The molecule has 0 aliphatic heterocycles. The van der Waals surface area contributed by atoms with Crippen molar-refractivity contribution in [1.82, 2.24) is 0 Å². The summed E-state index contributed by atoms with van der Waals surface area (Å²) in [5.41, 5.74) is 0. The highest BCUT2D eigenvalue weighted by atomic mass is 32.5. The van der Waals surface area contributed by atoms with E-state index in [1.165, 1.54) is 6.08 Å². The number of hydrogen-bond donors (Lipinski definition) is 0. The van der Waals surface area contributed by atoms with E-state index in [1.807, 2.05) is 0 Å². The predicted octanol–water partition coefficient (Wildman–Crippen LogP) is 4.96. The molecule has 1 unspecified atom stereocenters. The Bertz CT molecular complexity index is 358. The van der Waals surface area contributed by atoms with Gasteiger partial charge < -0.3 is 4.74 Å². The summed E-state index contributed by atoms with van der Waals surface area (Å²) in [7, 11) is -9.76. The lowest BCUT2D eigenvalue weighted by Gasteiger charge is -2.39. The molecule has 2 nitrogen and oxygen atoms in total. The molecule has 0 heterocycles. The maximum atomic E-state index is 12.1. The molecule has 19 heavy (non-hydrogen) atoms. The average Bonchev–Trinajstić information content (AvgIpc) is 2.22. The lowest BCUT2D eigenvalue weighted by atomic mass is 9.85. The van der Waals surface area contributed by atoms with Crippen LogP contribution in [-0.4, -0.2) is 17.8 Å². The zero-order chi connectivity index (χ0) is 14.8. The molecule has 0 amide bonds. The van der Waals surface area contributed by atoms with Crippen LogP contribution in [0.4, 0.5) is 19.4 Å². The van der Waals surface area contributed by atoms with Gasteiger partial charge in [0.15, 0.2) is 5.75 Å². The quantitative estimate of drug-likeness (QED) is 0.407. The Hall–Kier alpha value is -0.790. The monoisotopic (exact) mass is 308 g/mol. The summed E-state index contributed by atoms with van der Waals surface area (Å²) in [5, 5.41) is 0. The highest BCUT2D eigenvalue weighted by molar-refractivity contribution is 8.46. The highest BCUT2D eigenvalue weighted by Crippen LogP contribution is 2.97. The minimum Gasteiger partial charge on any atom is -0.457 e. The molecule has 1 fully saturated rings. The summed E-state index contributed by atoms with van der Waals surface area (Å²) < 4.78 is 65.2. The summed E-state index contributed by atoms with van der Waals surface area (Å²) in [6.07, 6.45) is 4.45. The average molecular weight is 308 g/mol. The Kier molecular flexibility index (Phi) is 3.97. The van der Waals surface area contributed by atoms with E-state index in [4.69, 9.17) is 0 Å². The van der Waals surface area contributed by atoms with Crippen LogP contribution < -0.4 is 0 Å². The van der Waals surface area contributed by atoms with Crippen molar-refractivity contribution in [2.45, 2.75) is 38.2 Å². The minimum absolute atomic E-state index is 0.131. The standard InChI is InChI=1S/C11H17F5O2S/c1-2-10(9-6-4-3-5-7-9)18-11(17)8-19(12,13,14,15)16/h2,9-10H,1,3-8H2. The summed E-state index contributed by atoms with van der Waals surface area (Å²) in [4.78, 5) is 11.0. The maximum Gasteiger partial charge on any atom is 0.325 e. The first-order valence-electron chi connectivity index (χ1n) is 5.95. The van der Waals surface area contributed by atoms with Crippen LogP contribution >= 0.6 is 10.2 Å². The first-order chi connectivity index (χ1) is 8.40. The Labute approximate surface area is 108 Å². The molecular formula is C11H17F5O2S. The smallest absolute Gasteiger partial charge is 0.325 e. The number of carbonyl (C=O) groups is 1. The number of rotatable bonds is 5. The van der Waals surface area contributed by atoms with Crippen LogP contribution in [0.3, 0.4) is 0 Å². The largest absolute Gasteiger partial charge is 0.457 e. The summed E-state index contributed by atoms with van der Waals surface area (Å²) in [6.45, 7) is 3.38. The second-order valence-electron chi connectivity index (χ2n) is 4.86. The van der Waals surface area contributed by atoms with Crippen molar-refractivity contribution in [1.29, 1.82) is 0 Å². The molecule has 0 saturated heterocycles. The third kappa shape index (κ3) is 6.79. The van der Waals surface area contributed by atoms with Gasteiger partial charge in [-0.15, -0.1) is 0 Å². The molecule has 0 aromatic carbocycles. The predicted molar refractivity (Wildman–Crippen MR) is 64.7 cm³/mol. The molecule has 8 heteroatoms. The number of carbonyl (C=O) groups excluding carboxylic acids is 1. The zero-order valence-electron chi connectivity index (χ0n) is 10.3. The first-order valence-corrected chi connectivity index (χ1v) is 8.07. The lowest BCUT2D eigenvalue weighted by molar-refractivity contribution is -0.146. The van der Waals surface area contributed by atoms with Crippen LogP contribution in [0.25, 0.3) is 0 Å². The second kappa shape index (κ2) is 4.64. The van der Waals surface area contributed by atoms with E-state index in [0.717, 1.165) is 19.3 Å². The summed E-state index contributed by atoms with van der Waals surface area (Å²) >= 11 is 0. The number of esters is 1. The molecule has 114 valence electrons. The van der Waals surface area contributed by atoms with E-state index in [2.05, 4.69) is 11.3 Å². The van der Waals surface area contributed by atoms with Gasteiger partial charge in [0.2, 0.25) is 0 Å². The van der Waals surface area contributed by atoms with Gasteiger partial charge in [0.25, 0.3) is 10.2 Å². The van der Waals surface area contributed by atoms with E-state index >= 15 is 0 Å². The molecule has 1 saturated carbocycles. The van der Waals surface area contributed by atoms with Gasteiger partial charge in [-0.3, -0.25) is 4.79 Å². The van der Waals surface area contributed by atoms with Crippen molar-refractivity contribution < 1.29 is 29.0 Å². The maximum absolute atomic E-state index is 12.1. The molecule has 0 N–H and O–H groups in total. The van der Waals surface area contributed by atoms with Crippen molar-refractivity contribution in [2.75, 3.05) is 5.75 Å². The van der Waals surface area contributed by atoms with Crippen LogP contribution in [-0.2, 0) is 9.53 Å². The molecule has 0 spiro atoms. The van der Waals surface area contributed by atoms with E-state index in [1.54, 1.807) is 0 Å². The normalized spacial score (nSPS) is 23.0. The van der Waals surface area contributed by atoms with Crippen LogP contribution in [0, 0.1) is 5.92 Å². The van der Waals surface area contributed by atoms with Gasteiger partial charge in [0, 0.05) is 0 Å². The first kappa shape index (κ1) is 16.3. The Morgan fingerprint density at radius 2 is 1.74 bits per heavy atom. The van der Waals surface area contributed by atoms with Crippen molar-refractivity contribution in [3.05, 3.63) is 12.7 Å². The van der Waals surface area contributed by atoms with Gasteiger partial charge in [0.05, 0.1) is 0 Å². The third-order valence-corrected chi connectivity index (χ3v) is 3.79. The van der Waals surface area contributed by atoms with Crippen molar-refractivity contribution in [3.8, 4) is 0 Å². The molecular weight excluding hydrogens is 291 g/mol. The fourth-order valence-corrected chi connectivity index (χ4v) is 2.72. The molecule has 1 aliphatic rings. The molecule has 0 radical (unpaired) electrons. The Morgan fingerprint density at radius 1 is 1.21 bits per heavy atom. The van der Waals surface area contributed by atoms with E-state index in [-0.39, 0.29) is 5.92 Å². The topological polar surface area (TPSA) is 26.3 Å². The number of halogens is 5. The molecule has 1 rings (SSSR count). The van der Waals surface area contributed by atoms with Gasteiger partial charge >= 0.3 is 5.97 Å². The molecule has 1 aliphatic carbocycles. The van der Waals surface area contributed by atoms with Crippen molar-refractivity contribution in [2.24, 2.45) is 5.92 Å². The van der Waals surface area contributed by atoms with Gasteiger partial charge in [-0.05, 0) is 18.8 Å². The molecule has 0 aromatic heterocycles. The van der Waals surface area contributed by atoms with Crippen LogP contribution in [0.15, 0.2) is 12.7 Å². The van der Waals surface area contributed by atoms with E-state index in [0.29, 0.717) is 12.8 Å². The van der Waals surface area contributed by atoms with Gasteiger partial charge in [-0.2, -0.15) is 0 Å². The Balaban J connectivity index is 2.62. The van der Waals surface area contributed by atoms with Crippen LogP contribution in [0.1, 0.15) is 32.1 Å². The highest BCUT2D eigenvalue weighted by Gasteiger charge is 2.65. The summed E-state index contributed by atoms with van der Waals surface area (Å²) in [5.74, 6) is -4.87. The molecule has 0 bridgehead atoms. The zero-order valence-corrected chi connectivity index (χ0v) is 11.1. The third-order valence-electron chi connectivity index (χ3n) is 3.00. The van der Waals surface area contributed by atoms with Crippen LogP contribution in [0.2, 0.25) is 0 Å². The second-order valence-corrected chi connectivity index (χ2v) is 7.41. The SMILES string of the molecule is C=CC(OC(=O)CS(F)(F)(F)(F)F)C1CCCCC1. The Morgan fingerprint density at radius 3 is 2.16 bits per heavy atom. The molecule has 0 aromatic rings. The number of ether oxygens (including phenoxy) is 1. The lowest BCUT2D eigenvalue weighted by Crippen LogP contribution is -2.30. The van der Waals surface area contributed by atoms with E-state index < -0.39 is 28.1 Å². The van der Waals surface area contributed by atoms with Crippen molar-refractivity contribution >= 4 is 16.2 Å².